The minimum absolute atomic E-state index is 0.0705. The second-order valence-corrected chi connectivity index (χ2v) is 7.78. The fourth-order valence-corrected chi connectivity index (χ4v) is 2.34. The zero-order valence-electron chi connectivity index (χ0n) is 14.1. The van der Waals surface area contributed by atoms with Gasteiger partial charge in [0.15, 0.2) is 0 Å². The Bertz CT molecular complexity index is 448. The van der Waals surface area contributed by atoms with E-state index in [1.807, 2.05) is 6.92 Å². The summed E-state index contributed by atoms with van der Waals surface area (Å²) in [7, 11) is 0. The molecule has 2 heteroatoms. The van der Waals surface area contributed by atoms with E-state index in [1.165, 1.54) is 0 Å². The molecule has 0 saturated heterocycles. The van der Waals surface area contributed by atoms with Gasteiger partial charge in [-0.05, 0) is 53.0 Å². The van der Waals surface area contributed by atoms with Crippen molar-refractivity contribution in [2.75, 3.05) is 6.61 Å². The molecule has 0 atom stereocenters. The van der Waals surface area contributed by atoms with Crippen LogP contribution in [-0.2, 0) is 23.2 Å². The summed E-state index contributed by atoms with van der Waals surface area (Å²) in [6.07, 6.45) is 0.863. The van der Waals surface area contributed by atoms with Gasteiger partial charge in [-0.15, -0.1) is 0 Å². The van der Waals surface area contributed by atoms with Crippen LogP contribution in [0.5, 0.6) is 5.75 Å². The van der Waals surface area contributed by atoms with Crippen molar-refractivity contribution in [1.82, 2.24) is 0 Å². The van der Waals surface area contributed by atoms with Crippen LogP contribution in [0, 0.1) is 5.41 Å². The van der Waals surface area contributed by atoms with Crippen LogP contribution in [0.25, 0.3) is 0 Å². The summed E-state index contributed by atoms with van der Waals surface area (Å²) in [6.45, 7) is 16.3. The maximum absolute atomic E-state index is 10.6. The first-order valence-corrected chi connectivity index (χ1v) is 7.47. The van der Waals surface area contributed by atoms with Gasteiger partial charge in [0.05, 0.1) is 6.61 Å². The lowest BCUT2D eigenvalue weighted by Crippen LogP contribution is -2.15. The minimum atomic E-state index is -0.0705. The lowest BCUT2D eigenvalue weighted by molar-refractivity contribution is 0.134. The molecule has 0 fully saturated rings. The quantitative estimate of drug-likeness (QED) is 0.856. The Morgan fingerprint density at radius 2 is 1.65 bits per heavy atom. The van der Waals surface area contributed by atoms with Gasteiger partial charge in [-0.3, -0.25) is 0 Å². The Balaban J connectivity index is 3.27. The standard InChI is InChI=1S/C18H30O2/c1-8-20-12-13-9-14(11-17(2,3)4)16(19)15(10-13)18(5,6)7/h9-10,19H,8,11-12H2,1-7H3. The van der Waals surface area contributed by atoms with Gasteiger partial charge in [0.25, 0.3) is 0 Å². The Hall–Kier alpha value is -1.02. The van der Waals surface area contributed by atoms with Gasteiger partial charge in [-0.2, -0.15) is 0 Å². The van der Waals surface area contributed by atoms with Gasteiger partial charge < -0.3 is 9.84 Å². The van der Waals surface area contributed by atoms with Gasteiger partial charge >= 0.3 is 0 Å². The summed E-state index contributed by atoms with van der Waals surface area (Å²) in [5, 5.41) is 10.6. The second-order valence-electron chi connectivity index (χ2n) is 7.78. The molecule has 0 bridgehead atoms. The van der Waals surface area contributed by atoms with Gasteiger partial charge in [0.2, 0.25) is 0 Å². The van der Waals surface area contributed by atoms with Crippen molar-refractivity contribution >= 4 is 0 Å². The molecular weight excluding hydrogens is 248 g/mol. The third-order valence-corrected chi connectivity index (χ3v) is 3.25. The van der Waals surface area contributed by atoms with E-state index in [1.54, 1.807) is 0 Å². The average Bonchev–Trinajstić information content (AvgIpc) is 2.26. The molecule has 1 aromatic rings. The molecule has 0 aliphatic heterocycles. The molecule has 0 aliphatic carbocycles. The molecule has 1 rings (SSSR count). The smallest absolute Gasteiger partial charge is 0.122 e. The van der Waals surface area contributed by atoms with E-state index in [0.717, 1.165) is 23.1 Å². The molecule has 20 heavy (non-hydrogen) atoms. The fraction of sp³-hybridized carbons (Fsp3) is 0.667. The Morgan fingerprint density at radius 1 is 1.05 bits per heavy atom. The second kappa shape index (κ2) is 6.17. The maximum atomic E-state index is 10.6. The molecular formula is C18H30O2. The van der Waals surface area contributed by atoms with Crippen LogP contribution in [0.4, 0.5) is 0 Å². The zero-order chi connectivity index (χ0) is 15.6. The van der Waals surface area contributed by atoms with E-state index in [2.05, 4.69) is 53.7 Å². The van der Waals surface area contributed by atoms with E-state index in [4.69, 9.17) is 4.74 Å². The molecule has 0 radical (unpaired) electrons. The highest BCUT2D eigenvalue weighted by Gasteiger charge is 2.23. The molecule has 0 aliphatic rings. The number of rotatable bonds is 4. The Kier molecular flexibility index (Phi) is 5.26. The SMILES string of the molecule is CCOCc1cc(CC(C)(C)C)c(O)c(C(C)(C)C)c1. The first-order chi connectivity index (χ1) is 9.04. The van der Waals surface area contributed by atoms with Crippen molar-refractivity contribution < 1.29 is 9.84 Å². The van der Waals surface area contributed by atoms with Crippen molar-refractivity contribution in [3.05, 3.63) is 28.8 Å². The van der Waals surface area contributed by atoms with Crippen molar-refractivity contribution in [3.8, 4) is 5.75 Å². The third kappa shape index (κ3) is 4.82. The van der Waals surface area contributed by atoms with Gasteiger partial charge in [0.1, 0.15) is 5.75 Å². The molecule has 114 valence electrons. The molecule has 0 heterocycles. The first kappa shape index (κ1) is 17.0. The highest BCUT2D eigenvalue weighted by molar-refractivity contribution is 5.47. The van der Waals surface area contributed by atoms with Crippen LogP contribution in [0.3, 0.4) is 0 Å². The molecule has 0 spiro atoms. The average molecular weight is 278 g/mol. The van der Waals surface area contributed by atoms with E-state index in [-0.39, 0.29) is 10.8 Å². The van der Waals surface area contributed by atoms with E-state index >= 15 is 0 Å². The van der Waals surface area contributed by atoms with E-state index < -0.39 is 0 Å². The molecule has 0 aromatic heterocycles. The summed E-state index contributed by atoms with van der Waals surface area (Å²) in [5.41, 5.74) is 3.26. The maximum Gasteiger partial charge on any atom is 0.122 e. The number of hydrogen-bond donors (Lipinski definition) is 1. The highest BCUT2D eigenvalue weighted by Crippen LogP contribution is 2.37. The largest absolute Gasteiger partial charge is 0.507 e. The molecule has 0 unspecified atom stereocenters. The summed E-state index contributed by atoms with van der Waals surface area (Å²) in [5.74, 6) is 0.452. The van der Waals surface area contributed by atoms with Crippen LogP contribution in [0.15, 0.2) is 12.1 Å². The summed E-state index contributed by atoms with van der Waals surface area (Å²) < 4.78 is 5.53. The normalized spacial score (nSPS) is 12.8. The van der Waals surface area contributed by atoms with Gasteiger partial charge in [-0.25, -0.2) is 0 Å². The highest BCUT2D eigenvalue weighted by atomic mass is 16.5. The predicted octanol–water partition coefficient (Wildman–Crippen LogP) is 4.81. The molecule has 1 aromatic carbocycles. The van der Waals surface area contributed by atoms with E-state index in [9.17, 15) is 5.11 Å². The summed E-state index contributed by atoms with van der Waals surface area (Å²) >= 11 is 0. The summed E-state index contributed by atoms with van der Waals surface area (Å²) in [4.78, 5) is 0. The van der Waals surface area contributed by atoms with Gasteiger partial charge in [-0.1, -0.05) is 41.5 Å². The molecule has 1 N–H and O–H groups in total. The number of aromatic hydroxyl groups is 1. The zero-order valence-corrected chi connectivity index (χ0v) is 14.1. The van der Waals surface area contributed by atoms with Crippen molar-refractivity contribution in [2.45, 2.75) is 66.9 Å². The minimum Gasteiger partial charge on any atom is -0.507 e. The lowest BCUT2D eigenvalue weighted by atomic mass is 9.81. The Labute approximate surface area is 124 Å². The number of benzene rings is 1. The lowest BCUT2D eigenvalue weighted by Gasteiger charge is -2.26. The predicted molar refractivity (Wildman–Crippen MR) is 85.3 cm³/mol. The molecule has 2 nitrogen and oxygen atoms in total. The van der Waals surface area contributed by atoms with Crippen LogP contribution in [0.1, 0.15) is 65.2 Å². The van der Waals surface area contributed by atoms with Crippen LogP contribution in [-0.4, -0.2) is 11.7 Å². The molecule has 0 amide bonds. The number of phenolic OH excluding ortho intramolecular Hbond substituents is 1. The summed E-state index contributed by atoms with van der Waals surface area (Å²) in [6, 6.07) is 4.17. The van der Waals surface area contributed by atoms with Crippen molar-refractivity contribution in [2.24, 2.45) is 5.41 Å². The Morgan fingerprint density at radius 3 is 2.10 bits per heavy atom. The van der Waals surface area contributed by atoms with Crippen molar-refractivity contribution in [3.63, 3.8) is 0 Å². The van der Waals surface area contributed by atoms with Gasteiger partial charge in [0, 0.05) is 6.61 Å². The van der Waals surface area contributed by atoms with Crippen molar-refractivity contribution in [1.29, 1.82) is 0 Å². The molecule has 0 saturated carbocycles. The van der Waals surface area contributed by atoms with Crippen LogP contribution < -0.4 is 0 Å². The number of ether oxygens (including phenoxy) is 1. The third-order valence-electron chi connectivity index (χ3n) is 3.25. The first-order valence-electron chi connectivity index (χ1n) is 7.47. The number of phenols is 1. The van der Waals surface area contributed by atoms with Crippen LogP contribution >= 0.6 is 0 Å². The number of hydrogen-bond acceptors (Lipinski definition) is 2. The monoisotopic (exact) mass is 278 g/mol. The fourth-order valence-electron chi connectivity index (χ4n) is 2.34. The van der Waals surface area contributed by atoms with Crippen LogP contribution in [0.2, 0.25) is 0 Å². The van der Waals surface area contributed by atoms with E-state index in [0.29, 0.717) is 19.0 Å². The topological polar surface area (TPSA) is 29.5 Å².